The van der Waals surface area contributed by atoms with E-state index >= 15 is 0 Å². The maximum Gasteiger partial charge on any atom is 0.212 e. The number of aryl methyl sites for hydroxylation is 1. The molecule has 0 fully saturated rings. The first-order chi connectivity index (χ1) is 7.03. The van der Waals surface area contributed by atoms with E-state index in [1.54, 1.807) is 11.3 Å². The number of hydrogen-bond acceptors (Lipinski definition) is 4. The van der Waals surface area contributed by atoms with Gasteiger partial charge in [0.25, 0.3) is 0 Å². The molecule has 1 heterocycles. The van der Waals surface area contributed by atoms with Gasteiger partial charge < -0.3 is 0 Å². The van der Waals surface area contributed by atoms with Crippen molar-refractivity contribution < 1.29 is 8.42 Å². The molecule has 0 saturated heterocycles. The van der Waals surface area contributed by atoms with Crippen LogP contribution >= 0.6 is 22.9 Å². The lowest BCUT2D eigenvalue weighted by Crippen LogP contribution is -2.29. The van der Waals surface area contributed by atoms with Gasteiger partial charge in [0, 0.05) is 24.2 Å². The Labute approximate surface area is 98.7 Å². The number of sulfonamides is 1. The molecule has 0 aliphatic heterocycles. The second-order valence-corrected chi connectivity index (χ2v) is 6.38. The molecule has 15 heavy (non-hydrogen) atoms. The molecule has 4 nitrogen and oxygen atoms in total. The summed E-state index contributed by atoms with van der Waals surface area (Å²) in [6, 6.07) is 0. The third kappa shape index (κ3) is 4.92. The van der Waals surface area contributed by atoms with Gasteiger partial charge >= 0.3 is 0 Å². The van der Waals surface area contributed by atoms with Crippen molar-refractivity contribution in [1.29, 1.82) is 0 Å². The molecule has 0 radical (unpaired) electrons. The summed E-state index contributed by atoms with van der Waals surface area (Å²) in [5.74, 6) is 0.0792. The molecule has 1 rings (SSSR count). The van der Waals surface area contributed by atoms with Gasteiger partial charge in [-0.25, -0.2) is 18.1 Å². The first-order valence-corrected chi connectivity index (χ1v) is 7.54. The van der Waals surface area contributed by atoms with Crippen LogP contribution in [0.4, 0.5) is 0 Å². The predicted octanol–water partition coefficient (Wildman–Crippen LogP) is 1.15. The zero-order valence-corrected chi connectivity index (χ0v) is 10.8. The Bertz CT molecular complexity index is 403. The fourth-order valence-electron chi connectivity index (χ4n) is 1.03. The average Bonchev–Trinajstić information content (AvgIpc) is 2.51. The van der Waals surface area contributed by atoms with Crippen molar-refractivity contribution in [2.45, 2.75) is 13.3 Å². The number of rotatable bonds is 6. The van der Waals surface area contributed by atoms with E-state index in [-0.39, 0.29) is 11.6 Å². The highest BCUT2D eigenvalue weighted by Gasteiger charge is 2.08. The SMILES string of the molecule is Cc1nc(CCNS(=O)(=O)CCCl)cs1. The van der Waals surface area contributed by atoms with Crippen molar-refractivity contribution in [1.82, 2.24) is 9.71 Å². The lowest BCUT2D eigenvalue weighted by molar-refractivity contribution is 0.583. The van der Waals surface area contributed by atoms with Gasteiger partial charge in [-0.3, -0.25) is 0 Å². The summed E-state index contributed by atoms with van der Waals surface area (Å²) in [6.45, 7) is 2.30. The summed E-state index contributed by atoms with van der Waals surface area (Å²) in [4.78, 5) is 4.23. The topological polar surface area (TPSA) is 59.1 Å². The van der Waals surface area contributed by atoms with Gasteiger partial charge in [-0.1, -0.05) is 0 Å². The quantitative estimate of drug-likeness (QED) is 0.788. The number of halogens is 1. The summed E-state index contributed by atoms with van der Waals surface area (Å²) in [5.41, 5.74) is 0.922. The van der Waals surface area contributed by atoms with Crippen molar-refractivity contribution in [3.8, 4) is 0 Å². The van der Waals surface area contributed by atoms with Gasteiger partial charge in [-0.15, -0.1) is 22.9 Å². The molecule has 1 N–H and O–H groups in total. The van der Waals surface area contributed by atoms with Crippen molar-refractivity contribution in [2.75, 3.05) is 18.2 Å². The molecule has 0 unspecified atom stereocenters. The molecule has 0 saturated carbocycles. The van der Waals surface area contributed by atoms with Crippen molar-refractivity contribution in [3.05, 3.63) is 16.1 Å². The average molecular weight is 269 g/mol. The minimum atomic E-state index is -3.20. The highest BCUT2D eigenvalue weighted by molar-refractivity contribution is 7.89. The molecule has 0 aliphatic rings. The molecule has 7 heteroatoms. The van der Waals surface area contributed by atoms with Crippen molar-refractivity contribution in [2.24, 2.45) is 0 Å². The first kappa shape index (κ1) is 12.9. The minimum absolute atomic E-state index is 0.0371. The predicted molar refractivity (Wildman–Crippen MR) is 63.1 cm³/mol. The molecule has 0 aliphatic carbocycles. The summed E-state index contributed by atoms with van der Waals surface area (Å²) in [6.07, 6.45) is 0.617. The van der Waals surface area contributed by atoms with Crippen LogP contribution in [0.1, 0.15) is 10.7 Å². The van der Waals surface area contributed by atoms with E-state index in [1.165, 1.54) is 0 Å². The van der Waals surface area contributed by atoms with Crippen LogP contribution in [0.3, 0.4) is 0 Å². The van der Waals surface area contributed by atoms with Crippen molar-refractivity contribution >= 4 is 33.0 Å². The Morgan fingerprint density at radius 1 is 1.60 bits per heavy atom. The fraction of sp³-hybridized carbons (Fsp3) is 0.625. The van der Waals surface area contributed by atoms with E-state index < -0.39 is 10.0 Å². The van der Waals surface area contributed by atoms with Crippen LogP contribution in [0.5, 0.6) is 0 Å². The second-order valence-electron chi connectivity index (χ2n) is 3.01. The highest BCUT2D eigenvalue weighted by atomic mass is 35.5. The molecule has 0 aromatic carbocycles. The normalized spacial score (nSPS) is 11.9. The maximum atomic E-state index is 11.2. The van der Waals surface area contributed by atoms with E-state index in [4.69, 9.17) is 11.6 Å². The number of hydrogen-bond donors (Lipinski definition) is 1. The van der Waals surface area contributed by atoms with Crippen LogP contribution in [-0.2, 0) is 16.4 Å². The van der Waals surface area contributed by atoms with Crippen LogP contribution < -0.4 is 4.72 Å². The molecular weight excluding hydrogens is 256 g/mol. The molecule has 86 valence electrons. The number of nitrogens with zero attached hydrogens (tertiary/aromatic N) is 1. The van der Waals surface area contributed by atoms with Gasteiger partial charge in [0.2, 0.25) is 10.0 Å². The first-order valence-electron chi connectivity index (χ1n) is 4.48. The second kappa shape index (κ2) is 5.79. The molecule has 0 amide bonds. The Kier molecular flexibility index (Phi) is 4.98. The lowest BCUT2D eigenvalue weighted by Gasteiger charge is -2.02. The van der Waals surface area contributed by atoms with E-state index in [9.17, 15) is 8.42 Å². The largest absolute Gasteiger partial charge is 0.247 e. The fourth-order valence-corrected chi connectivity index (χ4v) is 3.05. The van der Waals surface area contributed by atoms with Gasteiger partial charge in [0.1, 0.15) is 0 Å². The number of aromatic nitrogens is 1. The summed E-state index contributed by atoms with van der Waals surface area (Å²) >= 11 is 6.92. The molecule has 1 aromatic heterocycles. The van der Waals surface area contributed by atoms with Gasteiger partial charge in [0.15, 0.2) is 0 Å². The van der Waals surface area contributed by atoms with Gasteiger partial charge in [-0.2, -0.15) is 0 Å². The highest BCUT2D eigenvalue weighted by Crippen LogP contribution is 2.07. The lowest BCUT2D eigenvalue weighted by atomic mass is 10.3. The van der Waals surface area contributed by atoms with E-state index in [0.717, 1.165) is 10.7 Å². The number of nitrogens with one attached hydrogen (secondary N) is 1. The molecule has 0 atom stereocenters. The maximum absolute atomic E-state index is 11.2. The van der Waals surface area contributed by atoms with Crippen LogP contribution in [0.25, 0.3) is 0 Å². The number of thiazole rings is 1. The van der Waals surface area contributed by atoms with Crippen LogP contribution in [0.15, 0.2) is 5.38 Å². The third-order valence-corrected chi connectivity index (χ3v) is 4.34. The summed E-state index contributed by atoms with van der Waals surface area (Å²) in [7, 11) is -3.20. The molecule has 0 spiro atoms. The monoisotopic (exact) mass is 268 g/mol. The van der Waals surface area contributed by atoms with E-state index in [0.29, 0.717) is 13.0 Å². The zero-order chi connectivity index (χ0) is 11.3. The number of alkyl halides is 1. The molecular formula is C8H13ClN2O2S2. The summed E-state index contributed by atoms with van der Waals surface area (Å²) in [5, 5.41) is 2.93. The van der Waals surface area contributed by atoms with Crippen LogP contribution in [0.2, 0.25) is 0 Å². The standard InChI is InChI=1S/C8H13ClN2O2S2/c1-7-11-8(6-14-7)2-4-10-15(12,13)5-3-9/h6,10H,2-5H2,1H3. The van der Waals surface area contributed by atoms with E-state index in [1.807, 2.05) is 12.3 Å². The van der Waals surface area contributed by atoms with Crippen molar-refractivity contribution in [3.63, 3.8) is 0 Å². The smallest absolute Gasteiger partial charge is 0.212 e. The van der Waals surface area contributed by atoms with Gasteiger partial charge in [-0.05, 0) is 6.92 Å². The van der Waals surface area contributed by atoms with Gasteiger partial charge in [0.05, 0.1) is 16.5 Å². The minimum Gasteiger partial charge on any atom is -0.247 e. The molecule has 0 bridgehead atoms. The van der Waals surface area contributed by atoms with Crippen LogP contribution in [0, 0.1) is 6.92 Å². The Balaban J connectivity index is 2.33. The van der Waals surface area contributed by atoms with E-state index in [2.05, 4.69) is 9.71 Å². The molecule has 1 aromatic rings. The van der Waals surface area contributed by atoms with Crippen LogP contribution in [-0.4, -0.2) is 31.6 Å². The third-order valence-electron chi connectivity index (χ3n) is 1.72. The summed E-state index contributed by atoms with van der Waals surface area (Å²) < 4.78 is 24.9. The zero-order valence-electron chi connectivity index (χ0n) is 8.36. The Morgan fingerprint density at radius 2 is 2.33 bits per heavy atom. The Morgan fingerprint density at radius 3 is 2.87 bits per heavy atom. The Hall–Kier alpha value is -0.170.